The molecule has 0 aliphatic carbocycles. The lowest BCUT2D eigenvalue weighted by Crippen LogP contribution is -2.14. The van der Waals surface area contributed by atoms with E-state index in [1.54, 1.807) is 0 Å². The molecule has 3 nitrogen and oxygen atoms in total. The number of nitrogens with zero attached hydrogens (tertiary/aromatic N) is 2. The number of rotatable bonds is 7. The van der Waals surface area contributed by atoms with Crippen LogP contribution < -0.4 is 4.90 Å². The number of benzene rings is 10. The molecule has 0 saturated carbocycles. The molecule has 0 aliphatic heterocycles. The van der Waals surface area contributed by atoms with Crippen LogP contribution in [-0.4, -0.2) is 4.57 Å². The van der Waals surface area contributed by atoms with E-state index in [9.17, 15) is 0 Å². The van der Waals surface area contributed by atoms with E-state index in [2.05, 4.69) is 228 Å². The lowest BCUT2D eigenvalue weighted by Gasteiger charge is -2.30. The minimum atomic E-state index is 0.875. The zero-order chi connectivity index (χ0) is 40.3. The summed E-state index contributed by atoms with van der Waals surface area (Å²) in [6.07, 6.45) is 0. The van der Waals surface area contributed by atoms with Gasteiger partial charge in [-0.15, -0.1) is 0 Å². The second-order valence-electron chi connectivity index (χ2n) is 15.7. The number of anilines is 3. The van der Waals surface area contributed by atoms with Crippen LogP contribution >= 0.6 is 0 Å². The average Bonchev–Trinajstić information content (AvgIpc) is 3.87. The largest absolute Gasteiger partial charge is 0.456 e. The highest BCUT2D eigenvalue weighted by Gasteiger charge is 2.23. The molecule has 61 heavy (non-hydrogen) atoms. The molecule has 0 spiro atoms. The van der Waals surface area contributed by atoms with Crippen LogP contribution in [0.5, 0.6) is 0 Å². The zero-order valence-corrected chi connectivity index (χ0v) is 33.2. The van der Waals surface area contributed by atoms with Gasteiger partial charge in [-0.25, -0.2) is 0 Å². The predicted octanol–water partition coefficient (Wildman–Crippen LogP) is 16.3. The molecule has 2 heterocycles. The van der Waals surface area contributed by atoms with Crippen LogP contribution in [0.15, 0.2) is 235 Å². The lowest BCUT2D eigenvalue weighted by molar-refractivity contribution is 0.669. The van der Waals surface area contributed by atoms with E-state index in [0.29, 0.717) is 0 Å². The van der Waals surface area contributed by atoms with Crippen molar-refractivity contribution < 1.29 is 4.42 Å². The summed E-state index contributed by atoms with van der Waals surface area (Å²) < 4.78 is 8.86. The van der Waals surface area contributed by atoms with Gasteiger partial charge in [0.05, 0.1) is 28.1 Å². The molecule has 0 fully saturated rings. The SMILES string of the molecule is c1cc(-c2ccc(-c3cccc4ccccc34)cc2)cc(N(c2ccccc2-c2ccc3c(c2)oc2ccccc23)c2ccccc2-n2c3ccccc3c3ccccc32)c1. The van der Waals surface area contributed by atoms with Crippen molar-refractivity contribution in [1.29, 1.82) is 0 Å². The van der Waals surface area contributed by atoms with Crippen molar-refractivity contribution in [2.24, 2.45) is 0 Å². The summed E-state index contributed by atoms with van der Waals surface area (Å²) >= 11 is 0. The Balaban J connectivity index is 1.05. The Morgan fingerprint density at radius 3 is 1.72 bits per heavy atom. The summed E-state index contributed by atoms with van der Waals surface area (Å²) in [5, 5.41) is 7.21. The first-order valence-electron chi connectivity index (χ1n) is 20.8. The van der Waals surface area contributed by atoms with Crippen molar-refractivity contribution in [2.75, 3.05) is 4.90 Å². The highest BCUT2D eigenvalue weighted by atomic mass is 16.3. The molecule has 0 amide bonds. The molecule has 0 bridgehead atoms. The third kappa shape index (κ3) is 5.82. The summed E-state index contributed by atoms with van der Waals surface area (Å²) in [5.41, 5.74) is 15.3. The third-order valence-electron chi connectivity index (χ3n) is 12.2. The van der Waals surface area contributed by atoms with E-state index < -0.39 is 0 Å². The van der Waals surface area contributed by atoms with Crippen LogP contribution in [0.3, 0.4) is 0 Å². The topological polar surface area (TPSA) is 21.3 Å². The molecule has 0 aliphatic rings. The Hall–Kier alpha value is -8.14. The van der Waals surface area contributed by atoms with Crippen molar-refractivity contribution in [2.45, 2.75) is 0 Å². The molecule has 2 aromatic heterocycles. The first kappa shape index (κ1) is 34.9. The van der Waals surface area contributed by atoms with Crippen molar-refractivity contribution in [3.8, 4) is 39.1 Å². The number of hydrogen-bond donors (Lipinski definition) is 0. The molecule has 0 N–H and O–H groups in total. The Labute approximate surface area is 353 Å². The fourth-order valence-corrected chi connectivity index (χ4v) is 9.38. The van der Waals surface area contributed by atoms with Gasteiger partial charge in [0, 0.05) is 32.8 Å². The van der Waals surface area contributed by atoms with Crippen LogP contribution in [-0.2, 0) is 0 Å². The number of furan rings is 1. The minimum absolute atomic E-state index is 0.875. The Kier molecular flexibility index (Phi) is 8.17. The first-order chi connectivity index (χ1) is 30.3. The first-order valence-corrected chi connectivity index (χ1v) is 20.8. The molecule has 0 radical (unpaired) electrons. The van der Waals surface area contributed by atoms with Crippen LogP contribution in [0.4, 0.5) is 17.1 Å². The maximum Gasteiger partial charge on any atom is 0.136 e. The van der Waals surface area contributed by atoms with Gasteiger partial charge in [-0.05, 0) is 99.3 Å². The van der Waals surface area contributed by atoms with E-state index in [0.717, 1.165) is 66.9 Å². The molecule has 0 unspecified atom stereocenters. The van der Waals surface area contributed by atoms with Crippen molar-refractivity contribution in [1.82, 2.24) is 4.57 Å². The van der Waals surface area contributed by atoms with E-state index >= 15 is 0 Å². The molecule has 0 saturated heterocycles. The highest BCUT2D eigenvalue weighted by Crippen LogP contribution is 2.46. The van der Waals surface area contributed by atoms with Crippen LogP contribution in [0, 0.1) is 0 Å². The molecule has 286 valence electrons. The van der Waals surface area contributed by atoms with Crippen molar-refractivity contribution >= 4 is 71.6 Å². The van der Waals surface area contributed by atoms with Gasteiger partial charge in [0.15, 0.2) is 0 Å². The monoisotopic (exact) mass is 778 g/mol. The van der Waals surface area contributed by atoms with Gasteiger partial charge in [0.25, 0.3) is 0 Å². The molecule has 12 aromatic rings. The summed E-state index contributed by atoms with van der Waals surface area (Å²) in [7, 11) is 0. The number of hydrogen-bond acceptors (Lipinski definition) is 2. The molecule has 10 aromatic carbocycles. The smallest absolute Gasteiger partial charge is 0.136 e. The fraction of sp³-hybridized carbons (Fsp3) is 0. The lowest BCUT2D eigenvalue weighted by atomic mass is 9.96. The Bertz CT molecular complexity index is 3550. The second-order valence-corrected chi connectivity index (χ2v) is 15.7. The normalized spacial score (nSPS) is 11.6. The van der Waals surface area contributed by atoms with E-state index in [-0.39, 0.29) is 0 Å². The highest BCUT2D eigenvalue weighted by molar-refractivity contribution is 6.10. The van der Waals surface area contributed by atoms with E-state index in [4.69, 9.17) is 4.42 Å². The summed E-state index contributed by atoms with van der Waals surface area (Å²) in [6, 6.07) is 83.0. The second kappa shape index (κ2) is 14.3. The Morgan fingerprint density at radius 2 is 0.902 bits per heavy atom. The van der Waals surface area contributed by atoms with E-state index in [1.165, 1.54) is 43.7 Å². The van der Waals surface area contributed by atoms with Gasteiger partial charge in [-0.3, -0.25) is 0 Å². The summed E-state index contributed by atoms with van der Waals surface area (Å²) in [5.74, 6) is 0. The summed E-state index contributed by atoms with van der Waals surface area (Å²) in [6.45, 7) is 0. The Morgan fingerprint density at radius 1 is 0.328 bits per heavy atom. The summed E-state index contributed by atoms with van der Waals surface area (Å²) in [4.78, 5) is 2.44. The van der Waals surface area contributed by atoms with Crippen LogP contribution in [0.1, 0.15) is 0 Å². The average molecular weight is 779 g/mol. The number of aromatic nitrogens is 1. The van der Waals surface area contributed by atoms with E-state index in [1.807, 2.05) is 12.1 Å². The standard InChI is InChI=1S/C58H38N2O/c1-2-19-45-40(15-1)16-14-24-46(45)41-33-31-39(32-34-41)42-17-13-18-44(37-42)59(52-25-7-3-20-47(52)43-35-36-51-50-23-6-12-30-57(50)61-58(51)38-43)55-28-10-11-29-56(55)60-53-26-8-4-21-48(53)49-22-5-9-27-54(49)60/h1-38H. The number of fused-ring (bicyclic) bond motifs is 7. The quantitative estimate of drug-likeness (QED) is 0.161. The fourth-order valence-electron chi connectivity index (χ4n) is 9.38. The maximum absolute atomic E-state index is 6.44. The van der Waals surface area contributed by atoms with Crippen molar-refractivity contribution in [3.05, 3.63) is 231 Å². The van der Waals surface area contributed by atoms with Gasteiger partial charge < -0.3 is 13.9 Å². The van der Waals surface area contributed by atoms with Crippen LogP contribution in [0.2, 0.25) is 0 Å². The van der Waals surface area contributed by atoms with Gasteiger partial charge in [-0.2, -0.15) is 0 Å². The van der Waals surface area contributed by atoms with Crippen molar-refractivity contribution in [3.63, 3.8) is 0 Å². The number of para-hydroxylation sites is 6. The molecular formula is C58H38N2O. The third-order valence-corrected chi connectivity index (χ3v) is 12.2. The molecule has 3 heteroatoms. The minimum Gasteiger partial charge on any atom is -0.456 e. The van der Waals surface area contributed by atoms with Crippen LogP contribution in [0.25, 0.3) is 93.6 Å². The molecule has 0 atom stereocenters. The van der Waals surface area contributed by atoms with Gasteiger partial charge in [0.1, 0.15) is 11.2 Å². The molecule has 12 rings (SSSR count). The van der Waals surface area contributed by atoms with Gasteiger partial charge >= 0.3 is 0 Å². The maximum atomic E-state index is 6.44. The molecular weight excluding hydrogens is 741 g/mol. The van der Waals surface area contributed by atoms with Gasteiger partial charge in [0.2, 0.25) is 0 Å². The van der Waals surface area contributed by atoms with Gasteiger partial charge in [-0.1, -0.05) is 170 Å². The zero-order valence-electron chi connectivity index (χ0n) is 33.2. The predicted molar refractivity (Wildman–Crippen MR) is 257 cm³/mol.